The molecule has 2 aromatic carbocycles. The van der Waals surface area contributed by atoms with E-state index in [-0.39, 0.29) is 17.6 Å². The zero-order valence-electron chi connectivity index (χ0n) is 25.1. The Hall–Kier alpha value is -2.67. The van der Waals surface area contributed by atoms with Crippen molar-refractivity contribution in [2.75, 3.05) is 59.4 Å². The van der Waals surface area contributed by atoms with E-state index in [1.807, 2.05) is 51.9 Å². The van der Waals surface area contributed by atoms with Crippen molar-refractivity contribution in [2.24, 2.45) is 0 Å². The number of nitrogens with zero attached hydrogens (tertiary/aromatic N) is 5. The Balaban J connectivity index is 1.10. The molecular formula is C32H40Br2N6O4. The minimum atomic E-state index is -0.912. The molecule has 0 radical (unpaired) electrons. The first kappa shape index (κ1) is 31.3. The Labute approximate surface area is 274 Å². The molecule has 10 nitrogen and oxygen atoms in total. The fourth-order valence-corrected chi connectivity index (χ4v) is 7.51. The van der Waals surface area contributed by atoms with Gasteiger partial charge in [0.1, 0.15) is 0 Å². The molecule has 0 aliphatic carbocycles. The van der Waals surface area contributed by atoms with Crippen molar-refractivity contribution >= 4 is 54.9 Å². The highest BCUT2D eigenvalue weighted by Crippen LogP contribution is 2.28. The summed E-state index contributed by atoms with van der Waals surface area (Å²) in [5.41, 5.74) is 2.47. The Bertz CT molecular complexity index is 1530. The van der Waals surface area contributed by atoms with Crippen LogP contribution in [-0.2, 0) is 16.0 Å². The summed E-state index contributed by atoms with van der Waals surface area (Å²) >= 11 is 7.07. The Kier molecular flexibility index (Phi) is 9.79. The van der Waals surface area contributed by atoms with Gasteiger partial charge in [0.25, 0.3) is 5.91 Å². The quantitative estimate of drug-likeness (QED) is 0.402. The molecule has 6 rings (SSSR count). The lowest BCUT2D eigenvalue weighted by atomic mass is 10.0. The molecule has 1 atom stereocenters. The van der Waals surface area contributed by atoms with Crippen LogP contribution in [-0.4, -0.2) is 113 Å². The number of amides is 2. The van der Waals surface area contributed by atoms with Crippen molar-refractivity contribution < 1.29 is 14.3 Å². The number of hydrogen-bond acceptors (Lipinski definition) is 6. The van der Waals surface area contributed by atoms with Gasteiger partial charge in [0.2, 0.25) is 0 Å². The number of imidazole rings is 1. The van der Waals surface area contributed by atoms with Crippen molar-refractivity contribution in [3.8, 4) is 0 Å². The highest BCUT2D eigenvalue weighted by molar-refractivity contribution is 9.13. The van der Waals surface area contributed by atoms with E-state index in [1.165, 1.54) is 0 Å². The summed E-state index contributed by atoms with van der Waals surface area (Å²) in [6, 6.07) is 14.0. The number of aromatic amines is 1. The molecule has 3 fully saturated rings. The third-order valence-corrected chi connectivity index (χ3v) is 11.3. The van der Waals surface area contributed by atoms with Crippen molar-refractivity contribution in [3.05, 3.63) is 67.5 Å². The van der Waals surface area contributed by atoms with Crippen LogP contribution in [0.25, 0.3) is 11.0 Å². The van der Waals surface area contributed by atoms with Gasteiger partial charge in [0, 0.05) is 79.8 Å². The molecule has 1 N–H and O–H groups in total. The molecule has 4 heterocycles. The van der Waals surface area contributed by atoms with Crippen molar-refractivity contribution in [1.29, 1.82) is 0 Å². The number of nitrogens with one attached hydrogen (secondary N) is 1. The minimum absolute atomic E-state index is 0.0122. The van der Waals surface area contributed by atoms with Crippen LogP contribution in [0.1, 0.15) is 37.3 Å². The summed E-state index contributed by atoms with van der Waals surface area (Å²) in [6.07, 6.45) is 2.04. The van der Waals surface area contributed by atoms with E-state index < -0.39 is 12.2 Å². The number of benzene rings is 2. The van der Waals surface area contributed by atoms with Crippen molar-refractivity contribution in [2.45, 2.75) is 50.3 Å². The van der Waals surface area contributed by atoms with Gasteiger partial charge in [0.15, 0.2) is 6.10 Å². The van der Waals surface area contributed by atoms with E-state index in [0.717, 1.165) is 64.6 Å². The number of aromatic nitrogens is 2. The van der Waals surface area contributed by atoms with Crippen LogP contribution in [0.15, 0.2) is 56.2 Å². The number of hydrogen-bond donors (Lipinski definition) is 1. The lowest BCUT2D eigenvalue weighted by molar-refractivity contribution is -0.142. The van der Waals surface area contributed by atoms with E-state index in [2.05, 4.69) is 53.7 Å². The molecule has 12 heteroatoms. The molecular weight excluding hydrogens is 692 g/mol. The average molecular weight is 733 g/mol. The van der Waals surface area contributed by atoms with Crippen LogP contribution in [0.4, 0.5) is 4.79 Å². The molecule has 0 saturated carbocycles. The van der Waals surface area contributed by atoms with Crippen LogP contribution in [0, 0.1) is 0 Å². The van der Waals surface area contributed by atoms with Crippen LogP contribution >= 0.6 is 31.9 Å². The van der Waals surface area contributed by atoms with Crippen LogP contribution in [0.3, 0.4) is 0 Å². The number of carbonyl (C=O) groups excluding carboxylic acids is 2. The van der Waals surface area contributed by atoms with Gasteiger partial charge in [-0.25, -0.2) is 9.59 Å². The predicted molar refractivity (Wildman–Crippen MR) is 177 cm³/mol. The number of H-pyrrole nitrogens is 1. The molecule has 3 aliphatic rings. The molecule has 3 saturated heterocycles. The second-order valence-corrected chi connectivity index (χ2v) is 14.0. The first-order valence-electron chi connectivity index (χ1n) is 15.6. The van der Waals surface area contributed by atoms with Crippen molar-refractivity contribution in [3.63, 3.8) is 0 Å². The van der Waals surface area contributed by atoms with E-state index >= 15 is 0 Å². The lowest BCUT2D eigenvalue weighted by Gasteiger charge is -2.42. The van der Waals surface area contributed by atoms with Gasteiger partial charge in [-0.1, -0.05) is 18.2 Å². The number of likely N-dealkylation sites (tertiary alicyclic amines) is 2. The summed E-state index contributed by atoms with van der Waals surface area (Å²) < 4.78 is 9.64. The van der Waals surface area contributed by atoms with E-state index in [0.29, 0.717) is 51.5 Å². The van der Waals surface area contributed by atoms with Gasteiger partial charge in [-0.3, -0.25) is 14.3 Å². The van der Waals surface area contributed by atoms with E-state index in [1.54, 1.807) is 4.90 Å². The molecule has 1 unspecified atom stereocenters. The van der Waals surface area contributed by atoms with Crippen LogP contribution < -0.4 is 5.69 Å². The second kappa shape index (κ2) is 13.8. The summed E-state index contributed by atoms with van der Waals surface area (Å²) in [5.74, 6) is -0.130. The number of likely N-dealkylation sites (N-methyl/N-ethyl adjacent to an activating group) is 1. The van der Waals surface area contributed by atoms with Gasteiger partial charge < -0.3 is 24.4 Å². The van der Waals surface area contributed by atoms with Crippen molar-refractivity contribution in [1.82, 2.24) is 29.2 Å². The Morgan fingerprint density at radius 3 is 2.23 bits per heavy atom. The first-order valence-corrected chi connectivity index (χ1v) is 17.2. The normalized spacial score (nSPS) is 20.2. The highest BCUT2D eigenvalue weighted by atomic mass is 79.9. The van der Waals surface area contributed by atoms with E-state index in [4.69, 9.17) is 4.74 Å². The van der Waals surface area contributed by atoms with Crippen LogP contribution in [0.2, 0.25) is 0 Å². The standard InChI is InChI=1S/C32H40Br2N6O4/c1-36-16-18-37(19-17-36)23-8-12-38(13-9-23)30(41)29(21-22-6-7-25(33)26(34)20-22)44-32(43)39-14-10-24(11-15-39)40-28-5-3-2-4-27(28)35-31(40)42/h2-7,20,23-24,29H,8-19,21H2,1H3,(H,35,42). The number of para-hydroxylation sites is 2. The van der Waals surface area contributed by atoms with Gasteiger partial charge in [-0.05, 0) is 94.4 Å². The Morgan fingerprint density at radius 2 is 1.52 bits per heavy atom. The molecule has 1 aromatic heterocycles. The molecule has 0 spiro atoms. The third-order valence-electron chi connectivity index (χ3n) is 9.47. The third kappa shape index (κ3) is 6.93. The number of ether oxygens (including phenoxy) is 1. The summed E-state index contributed by atoms with van der Waals surface area (Å²) in [4.78, 5) is 51.5. The highest BCUT2D eigenvalue weighted by Gasteiger charge is 2.35. The maximum Gasteiger partial charge on any atom is 0.410 e. The van der Waals surface area contributed by atoms with Gasteiger partial charge in [-0.15, -0.1) is 0 Å². The number of rotatable bonds is 6. The lowest BCUT2D eigenvalue weighted by Crippen LogP contribution is -2.54. The monoisotopic (exact) mass is 730 g/mol. The summed E-state index contributed by atoms with van der Waals surface area (Å²) in [5, 5.41) is 0. The molecule has 236 valence electrons. The zero-order chi connectivity index (χ0) is 30.8. The van der Waals surface area contributed by atoms with Gasteiger partial charge in [-0.2, -0.15) is 0 Å². The minimum Gasteiger partial charge on any atom is -0.436 e. The molecule has 0 bridgehead atoms. The van der Waals surface area contributed by atoms with Crippen LogP contribution in [0.5, 0.6) is 0 Å². The fourth-order valence-electron chi connectivity index (χ4n) is 6.84. The number of piperidine rings is 2. The Morgan fingerprint density at radius 1 is 0.864 bits per heavy atom. The SMILES string of the molecule is CN1CCN(C2CCN(C(=O)C(Cc3ccc(Br)c(Br)c3)OC(=O)N3CCC(n4c(=O)[nH]c5ccccc54)CC3)CC2)CC1. The molecule has 3 aromatic rings. The molecule has 44 heavy (non-hydrogen) atoms. The maximum atomic E-state index is 13.9. The molecule has 2 amide bonds. The summed E-state index contributed by atoms with van der Waals surface area (Å²) in [6.45, 7) is 6.54. The topological polar surface area (TPSA) is 94.1 Å². The fraction of sp³-hybridized carbons (Fsp3) is 0.531. The molecule has 3 aliphatic heterocycles. The zero-order valence-corrected chi connectivity index (χ0v) is 28.3. The first-order chi connectivity index (χ1) is 21.3. The number of halogens is 2. The number of piperazine rings is 1. The second-order valence-electron chi connectivity index (χ2n) is 12.3. The largest absolute Gasteiger partial charge is 0.436 e. The number of fused-ring (bicyclic) bond motifs is 1. The average Bonchev–Trinajstić information content (AvgIpc) is 3.38. The van der Waals surface area contributed by atoms with Gasteiger partial charge >= 0.3 is 11.8 Å². The smallest absolute Gasteiger partial charge is 0.410 e. The maximum absolute atomic E-state index is 13.9. The van der Waals surface area contributed by atoms with E-state index in [9.17, 15) is 14.4 Å². The summed E-state index contributed by atoms with van der Waals surface area (Å²) in [7, 11) is 2.16. The number of carbonyl (C=O) groups is 2. The van der Waals surface area contributed by atoms with Gasteiger partial charge in [0.05, 0.1) is 11.0 Å². The predicted octanol–water partition coefficient (Wildman–Crippen LogP) is 4.48.